The van der Waals surface area contributed by atoms with Crippen molar-refractivity contribution in [2.75, 3.05) is 18.8 Å². The van der Waals surface area contributed by atoms with Crippen molar-refractivity contribution in [1.82, 2.24) is 10.6 Å². The molecule has 0 fully saturated rings. The second-order valence-electron chi connectivity index (χ2n) is 13.6. The van der Waals surface area contributed by atoms with E-state index in [0.29, 0.717) is 44.3 Å². The second-order valence-corrected chi connectivity index (χ2v) is 14.4. The molecular weight excluding hydrogens is 815 g/mol. The van der Waals surface area contributed by atoms with Crippen molar-refractivity contribution in [3.05, 3.63) is 145 Å². The molecule has 0 unspecified atom stereocenters. The van der Waals surface area contributed by atoms with Gasteiger partial charge in [0.15, 0.2) is 5.43 Å². The van der Waals surface area contributed by atoms with Crippen LogP contribution in [0.2, 0.25) is 10.0 Å². The lowest BCUT2D eigenvalue weighted by atomic mass is 9.89. The molecule has 0 spiro atoms. The Balaban J connectivity index is 1.05. The number of hydrogen-bond donors (Lipinski definition) is 7. The average Bonchev–Trinajstić information content (AvgIpc) is 3.20. The van der Waals surface area contributed by atoms with Gasteiger partial charge in [0.1, 0.15) is 28.4 Å². The maximum atomic E-state index is 13.5. The highest BCUT2D eigenvalue weighted by molar-refractivity contribution is 6.41. The summed E-state index contributed by atoms with van der Waals surface area (Å²) in [6.07, 6.45) is 0. The summed E-state index contributed by atoms with van der Waals surface area (Å²) in [4.78, 5) is 64.3. The molecule has 0 saturated carbocycles. The van der Waals surface area contributed by atoms with Gasteiger partial charge in [-0.05, 0) is 72.3 Å². The van der Waals surface area contributed by atoms with E-state index < -0.39 is 34.3 Å². The van der Waals surface area contributed by atoms with Crippen LogP contribution in [0.1, 0.15) is 41.4 Å². The number of carboxylic acid groups (broad SMARTS) is 2. The number of halogens is 2. The first kappa shape index (κ1) is 39.2. The molecule has 4 aliphatic rings. The number of nitrogens with one attached hydrogen (secondary N) is 3. The number of anilines is 1. The van der Waals surface area contributed by atoms with Crippen LogP contribution in [0, 0.1) is 5.41 Å². The van der Waals surface area contributed by atoms with Gasteiger partial charge in [0, 0.05) is 87.2 Å². The number of nitrogens with two attached hydrogens (primary N) is 1. The number of aromatic carboxylic acids is 2. The van der Waals surface area contributed by atoms with Crippen molar-refractivity contribution in [3.63, 3.8) is 0 Å². The van der Waals surface area contributed by atoms with E-state index in [9.17, 15) is 39.3 Å². The summed E-state index contributed by atoms with van der Waals surface area (Å²) in [5, 5.41) is 44.6. The molecular formula is C44H28Cl2N4O10. The lowest BCUT2D eigenvalue weighted by Crippen LogP contribution is -2.35. The van der Waals surface area contributed by atoms with Gasteiger partial charge in [0.05, 0.1) is 32.1 Å². The van der Waals surface area contributed by atoms with E-state index in [1.807, 2.05) is 0 Å². The van der Waals surface area contributed by atoms with E-state index in [0.717, 1.165) is 0 Å². The van der Waals surface area contributed by atoms with Crippen LogP contribution in [0.3, 0.4) is 0 Å². The molecule has 2 aliphatic carbocycles. The number of carbonyl (C=O) groups excluding carboxylic acids is 2. The maximum absolute atomic E-state index is 13.5. The Labute approximate surface area is 347 Å². The van der Waals surface area contributed by atoms with Crippen molar-refractivity contribution in [1.29, 1.82) is 5.41 Å². The van der Waals surface area contributed by atoms with Gasteiger partial charge >= 0.3 is 11.9 Å². The molecule has 0 radical (unpaired) electrons. The number of aromatic hydroxyl groups is 1. The minimum Gasteiger partial charge on any atom is -0.508 e. The first-order chi connectivity index (χ1) is 28.7. The normalized spacial score (nSPS) is 11.3. The summed E-state index contributed by atoms with van der Waals surface area (Å²) in [5.41, 5.74) is 7.42. The van der Waals surface area contributed by atoms with Gasteiger partial charge < -0.3 is 45.9 Å². The maximum Gasteiger partial charge on any atom is 0.337 e. The van der Waals surface area contributed by atoms with Gasteiger partial charge in [0.2, 0.25) is 0 Å². The number of amides is 2. The zero-order valence-corrected chi connectivity index (χ0v) is 32.2. The molecule has 298 valence electrons. The first-order valence-corrected chi connectivity index (χ1v) is 18.7. The monoisotopic (exact) mass is 842 g/mol. The van der Waals surface area contributed by atoms with Gasteiger partial charge in [-0.1, -0.05) is 29.3 Å². The number of carboxylic acids is 2. The highest BCUT2D eigenvalue weighted by Gasteiger charge is 2.30. The largest absolute Gasteiger partial charge is 0.508 e. The fraction of sp³-hybridized carbons (Fsp3) is 0.0455. The lowest BCUT2D eigenvalue weighted by molar-refractivity contribution is 0.0686. The standard InChI is InChI=1S/C44H28Cl2N4O10/c45-31-18-30(40(46)39(44(57)58)38(31)37-27-7-2-20(47)14-32(27)59-33-15-21(48)3-8-28(33)37)42(54)50-12-11-49-41(53)19-1-6-24(29(13-19)43(55)56)36-25-9-4-22(51)16-34(25)60-35-17-23(52)5-10-26(35)36/h1-10,13-18,47,51H,11-12,48H2,(H,49,53)(H,50,54)(H,55,56)(H,57,58). The van der Waals surface area contributed by atoms with Crippen molar-refractivity contribution < 1.29 is 43.3 Å². The van der Waals surface area contributed by atoms with Crippen LogP contribution in [0.4, 0.5) is 5.69 Å². The van der Waals surface area contributed by atoms with Gasteiger partial charge in [0.25, 0.3) is 11.8 Å². The molecule has 0 bridgehead atoms. The average molecular weight is 844 g/mol. The molecule has 0 saturated heterocycles. The summed E-state index contributed by atoms with van der Waals surface area (Å²) in [5.74, 6) is -3.95. The Kier molecular flexibility index (Phi) is 9.95. The Morgan fingerprint density at radius 1 is 0.650 bits per heavy atom. The topological polar surface area (TPSA) is 246 Å². The molecule has 0 aromatic heterocycles. The molecule has 2 aliphatic heterocycles. The molecule has 16 heteroatoms. The number of nitrogen functional groups attached to an aromatic ring is 1. The van der Waals surface area contributed by atoms with Crippen LogP contribution >= 0.6 is 23.2 Å². The summed E-state index contributed by atoms with van der Waals surface area (Å²) in [7, 11) is 0. The van der Waals surface area contributed by atoms with E-state index >= 15 is 0 Å². The number of rotatable bonds is 9. The highest BCUT2D eigenvalue weighted by atomic mass is 35.5. The molecule has 8 N–H and O–H groups in total. The Hall–Kier alpha value is -7.68. The molecule has 4 aromatic carbocycles. The molecule has 60 heavy (non-hydrogen) atoms. The van der Waals surface area contributed by atoms with E-state index in [4.69, 9.17) is 43.2 Å². The smallest absolute Gasteiger partial charge is 0.337 e. The lowest BCUT2D eigenvalue weighted by Gasteiger charge is -2.20. The van der Waals surface area contributed by atoms with Crippen LogP contribution in [0.15, 0.2) is 111 Å². The van der Waals surface area contributed by atoms with Gasteiger partial charge in [-0.15, -0.1) is 0 Å². The van der Waals surface area contributed by atoms with Gasteiger partial charge in [-0.3, -0.25) is 14.4 Å². The second kappa shape index (κ2) is 15.2. The summed E-state index contributed by atoms with van der Waals surface area (Å²) >= 11 is 13.5. The third-order valence-corrected chi connectivity index (χ3v) is 10.5. The number of fused-ring (bicyclic) bond motifs is 4. The number of hydrogen-bond acceptors (Lipinski definition) is 10. The highest BCUT2D eigenvalue weighted by Crippen LogP contribution is 2.47. The Bertz CT molecular complexity index is 3210. The third-order valence-electron chi connectivity index (χ3n) is 9.82. The molecule has 14 nitrogen and oxygen atoms in total. The number of benzene rings is 6. The number of carbonyl (C=O) groups is 4. The van der Waals surface area contributed by atoms with Crippen molar-refractivity contribution >= 4 is 74.6 Å². The van der Waals surface area contributed by atoms with E-state index in [1.165, 1.54) is 66.7 Å². The van der Waals surface area contributed by atoms with Crippen molar-refractivity contribution in [3.8, 4) is 50.7 Å². The summed E-state index contributed by atoms with van der Waals surface area (Å²) in [6.45, 7) is -0.286. The van der Waals surface area contributed by atoms with E-state index in [1.54, 1.807) is 30.3 Å². The predicted octanol–water partition coefficient (Wildman–Crippen LogP) is 7.71. The first-order valence-electron chi connectivity index (χ1n) is 17.9. The van der Waals surface area contributed by atoms with Crippen LogP contribution < -0.4 is 27.2 Å². The zero-order chi connectivity index (χ0) is 42.6. The molecule has 2 heterocycles. The summed E-state index contributed by atoms with van der Waals surface area (Å²) < 4.78 is 11.9. The minimum atomic E-state index is -1.47. The van der Waals surface area contributed by atoms with Crippen molar-refractivity contribution in [2.24, 2.45) is 0 Å². The quantitative estimate of drug-likeness (QED) is 0.0421. The van der Waals surface area contributed by atoms with Gasteiger partial charge in [-0.25, -0.2) is 9.59 Å². The predicted molar refractivity (Wildman–Crippen MR) is 223 cm³/mol. The summed E-state index contributed by atoms with van der Waals surface area (Å²) in [6, 6.07) is 23.1. The van der Waals surface area contributed by atoms with Crippen LogP contribution in [-0.2, 0) is 0 Å². The molecule has 4 aromatic rings. The van der Waals surface area contributed by atoms with Gasteiger partial charge in [-0.2, -0.15) is 0 Å². The zero-order valence-electron chi connectivity index (χ0n) is 30.7. The Morgan fingerprint density at radius 3 is 2.02 bits per heavy atom. The number of phenols is 1. The van der Waals surface area contributed by atoms with E-state index in [-0.39, 0.29) is 79.6 Å². The molecule has 0 atom stereocenters. The van der Waals surface area contributed by atoms with Crippen LogP contribution in [0.5, 0.6) is 5.75 Å². The Morgan fingerprint density at radius 2 is 1.28 bits per heavy atom. The fourth-order valence-electron chi connectivity index (χ4n) is 7.19. The fourth-order valence-corrected chi connectivity index (χ4v) is 7.81. The third kappa shape index (κ3) is 6.99. The number of phenolic OH excluding ortho intramolecular Hbond substituents is 1. The SMILES string of the molecule is N=c1ccc2c(-c3c(Cl)cc(C(=O)NCCNC(=O)c4ccc(-c5c6ccc(=O)cc-6oc6cc(O)ccc56)c(C(=O)O)c4)c(Cl)c3C(=O)O)c3ccc(N)cc3oc-2c1. The van der Waals surface area contributed by atoms with Crippen LogP contribution in [0.25, 0.3) is 66.8 Å². The van der Waals surface area contributed by atoms with Crippen molar-refractivity contribution in [2.45, 2.75) is 0 Å². The molecule has 2 amide bonds. The molecule has 8 rings (SSSR count). The minimum absolute atomic E-state index is 0.0110. The van der Waals surface area contributed by atoms with Crippen LogP contribution in [-0.4, -0.2) is 52.2 Å². The van der Waals surface area contributed by atoms with E-state index in [2.05, 4.69) is 10.6 Å².